The van der Waals surface area contributed by atoms with Gasteiger partial charge in [0.15, 0.2) is 6.29 Å². The number of ether oxygens (including phenoxy) is 3. The van der Waals surface area contributed by atoms with Gasteiger partial charge in [-0.05, 0) is 25.2 Å². The Morgan fingerprint density at radius 3 is 2.19 bits per heavy atom. The Morgan fingerprint density at radius 2 is 1.58 bits per heavy atom. The van der Waals surface area contributed by atoms with E-state index in [0.29, 0.717) is 6.42 Å². The van der Waals surface area contributed by atoms with E-state index in [4.69, 9.17) is 19.9 Å². The molecule has 3 fully saturated rings. The molecule has 0 aromatic carbocycles. The second-order valence-electron chi connectivity index (χ2n) is 10.0. The minimum Gasteiger partial charge on any atom is -0.390 e. The summed E-state index contributed by atoms with van der Waals surface area (Å²) in [7, 11) is 0. The summed E-state index contributed by atoms with van der Waals surface area (Å²) in [6.45, 7) is 7.09. The van der Waals surface area contributed by atoms with Gasteiger partial charge in [-0.1, -0.05) is 20.8 Å². The molecule has 8 N–H and O–H groups in total. The van der Waals surface area contributed by atoms with Crippen molar-refractivity contribution in [2.45, 2.75) is 94.8 Å². The van der Waals surface area contributed by atoms with E-state index in [9.17, 15) is 30.6 Å². The zero-order chi connectivity index (χ0) is 23.2. The molecule has 14 atom stereocenters. The molecule has 0 spiro atoms. The molecule has 0 radical (unpaired) electrons. The van der Waals surface area contributed by atoms with Gasteiger partial charge in [0.25, 0.3) is 0 Å². The van der Waals surface area contributed by atoms with Crippen molar-refractivity contribution in [1.29, 1.82) is 0 Å². The number of rotatable bonds is 4. The average molecular weight is 450 g/mol. The van der Waals surface area contributed by atoms with Gasteiger partial charge in [-0.2, -0.15) is 0 Å². The van der Waals surface area contributed by atoms with Crippen molar-refractivity contribution in [3.05, 3.63) is 0 Å². The third-order valence-corrected chi connectivity index (χ3v) is 7.66. The molecule has 2 saturated heterocycles. The number of hydrogen-bond donors (Lipinski definition) is 7. The standard InChI is InChI=1S/C21H39NO9/c1-8-5-9(2)18(31-20-13(23)10(3)21(4,28)7-29-20)15(25)12(8)19-17(27)16(26)14(24)11(6-22)30-19/h8-20,23-28H,5-7,22H2,1-4H3. The molecule has 2 heterocycles. The Morgan fingerprint density at radius 1 is 0.935 bits per heavy atom. The Bertz CT molecular complexity index is 605. The normalized spacial score (nSPS) is 56.4. The molecule has 0 bridgehead atoms. The van der Waals surface area contributed by atoms with Crippen molar-refractivity contribution in [1.82, 2.24) is 0 Å². The van der Waals surface area contributed by atoms with Gasteiger partial charge in [0.1, 0.15) is 24.4 Å². The molecule has 1 saturated carbocycles. The summed E-state index contributed by atoms with van der Waals surface area (Å²) in [4.78, 5) is 0. The lowest BCUT2D eigenvalue weighted by Gasteiger charge is -2.51. The maximum absolute atomic E-state index is 11.3. The van der Waals surface area contributed by atoms with E-state index >= 15 is 0 Å². The fourth-order valence-corrected chi connectivity index (χ4v) is 5.35. The molecule has 3 aliphatic rings. The summed E-state index contributed by atoms with van der Waals surface area (Å²) in [5, 5.41) is 63.1. The zero-order valence-corrected chi connectivity index (χ0v) is 18.6. The van der Waals surface area contributed by atoms with Crippen molar-refractivity contribution < 1.29 is 44.8 Å². The second-order valence-corrected chi connectivity index (χ2v) is 10.0. The summed E-state index contributed by atoms with van der Waals surface area (Å²) >= 11 is 0. The van der Waals surface area contributed by atoms with E-state index in [1.807, 2.05) is 13.8 Å². The molecule has 0 aromatic heterocycles. The highest BCUT2D eigenvalue weighted by atomic mass is 16.7. The van der Waals surface area contributed by atoms with Crippen molar-refractivity contribution in [2.75, 3.05) is 13.2 Å². The summed E-state index contributed by atoms with van der Waals surface area (Å²) in [6, 6.07) is 0. The van der Waals surface area contributed by atoms with Crippen molar-refractivity contribution in [3.8, 4) is 0 Å². The van der Waals surface area contributed by atoms with Gasteiger partial charge < -0.3 is 50.6 Å². The highest BCUT2D eigenvalue weighted by Crippen LogP contribution is 2.42. The van der Waals surface area contributed by atoms with Crippen LogP contribution in [0.25, 0.3) is 0 Å². The monoisotopic (exact) mass is 449 g/mol. The van der Waals surface area contributed by atoms with Gasteiger partial charge in [0.05, 0.1) is 36.6 Å². The fourth-order valence-electron chi connectivity index (χ4n) is 5.35. The molecule has 3 rings (SSSR count). The first-order valence-electron chi connectivity index (χ1n) is 11.2. The molecular weight excluding hydrogens is 410 g/mol. The van der Waals surface area contributed by atoms with E-state index in [1.54, 1.807) is 13.8 Å². The van der Waals surface area contributed by atoms with Crippen LogP contribution in [-0.4, -0.2) is 105 Å². The summed E-state index contributed by atoms with van der Waals surface area (Å²) < 4.78 is 17.4. The number of aliphatic hydroxyl groups is 6. The molecule has 0 aromatic rings. The average Bonchev–Trinajstić information content (AvgIpc) is 2.70. The number of aliphatic hydroxyl groups excluding tert-OH is 5. The first-order valence-corrected chi connectivity index (χ1v) is 11.2. The smallest absolute Gasteiger partial charge is 0.184 e. The molecule has 2 aliphatic heterocycles. The van der Waals surface area contributed by atoms with Gasteiger partial charge >= 0.3 is 0 Å². The van der Waals surface area contributed by atoms with E-state index < -0.39 is 72.6 Å². The van der Waals surface area contributed by atoms with Gasteiger partial charge in [0, 0.05) is 18.4 Å². The molecular formula is C21H39NO9. The van der Waals surface area contributed by atoms with Crippen LogP contribution in [0.3, 0.4) is 0 Å². The first kappa shape index (κ1) is 25.2. The van der Waals surface area contributed by atoms with Crippen LogP contribution in [0, 0.1) is 23.7 Å². The van der Waals surface area contributed by atoms with E-state index in [1.165, 1.54) is 0 Å². The first-order chi connectivity index (χ1) is 14.4. The van der Waals surface area contributed by atoms with Crippen LogP contribution in [-0.2, 0) is 14.2 Å². The van der Waals surface area contributed by atoms with Crippen LogP contribution >= 0.6 is 0 Å². The van der Waals surface area contributed by atoms with Crippen molar-refractivity contribution in [2.24, 2.45) is 29.4 Å². The fraction of sp³-hybridized carbons (Fsp3) is 1.00. The molecule has 31 heavy (non-hydrogen) atoms. The molecule has 0 amide bonds. The molecule has 10 heteroatoms. The van der Waals surface area contributed by atoms with Gasteiger partial charge in [0.2, 0.25) is 0 Å². The highest BCUT2D eigenvalue weighted by Gasteiger charge is 2.54. The number of nitrogens with two attached hydrogens (primary N) is 1. The third-order valence-electron chi connectivity index (χ3n) is 7.66. The molecule has 10 nitrogen and oxygen atoms in total. The highest BCUT2D eigenvalue weighted by molar-refractivity contribution is 5.02. The lowest BCUT2D eigenvalue weighted by molar-refractivity contribution is -0.315. The lowest BCUT2D eigenvalue weighted by Crippen LogP contribution is -2.65. The van der Waals surface area contributed by atoms with E-state index in [-0.39, 0.29) is 25.0 Å². The maximum Gasteiger partial charge on any atom is 0.184 e. The molecule has 182 valence electrons. The predicted octanol–water partition coefficient (Wildman–Crippen LogP) is -2.06. The summed E-state index contributed by atoms with van der Waals surface area (Å²) in [6.07, 6.45) is -9.28. The summed E-state index contributed by atoms with van der Waals surface area (Å²) in [5.41, 5.74) is 4.46. The molecule has 1 aliphatic carbocycles. The topological polar surface area (TPSA) is 175 Å². The van der Waals surface area contributed by atoms with Crippen molar-refractivity contribution >= 4 is 0 Å². The second kappa shape index (κ2) is 9.46. The van der Waals surface area contributed by atoms with Crippen LogP contribution in [0.5, 0.6) is 0 Å². The third kappa shape index (κ3) is 4.65. The minimum absolute atomic E-state index is 0.0143. The predicted molar refractivity (Wildman–Crippen MR) is 109 cm³/mol. The largest absolute Gasteiger partial charge is 0.390 e. The quantitative estimate of drug-likeness (QED) is 0.253. The SMILES string of the molecule is CC1CC(C)C(C2OC(CN)C(O)C(O)C2O)C(O)C1OC1OCC(C)(O)C(C)C1O. The van der Waals surface area contributed by atoms with Gasteiger partial charge in [-0.15, -0.1) is 0 Å². The van der Waals surface area contributed by atoms with Gasteiger partial charge in [-0.3, -0.25) is 0 Å². The Hall–Kier alpha value is -0.400. The Balaban J connectivity index is 1.78. The Labute approximate surface area is 182 Å². The van der Waals surface area contributed by atoms with Crippen LogP contribution < -0.4 is 5.73 Å². The van der Waals surface area contributed by atoms with Crippen molar-refractivity contribution in [3.63, 3.8) is 0 Å². The van der Waals surface area contributed by atoms with Crippen LogP contribution in [0.2, 0.25) is 0 Å². The lowest BCUT2D eigenvalue weighted by atomic mass is 9.67. The maximum atomic E-state index is 11.3. The zero-order valence-electron chi connectivity index (χ0n) is 18.6. The Kier molecular flexibility index (Phi) is 7.70. The van der Waals surface area contributed by atoms with E-state index in [0.717, 1.165) is 0 Å². The van der Waals surface area contributed by atoms with Crippen LogP contribution in [0.15, 0.2) is 0 Å². The number of hydrogen-bond acceptors (Lipinski definition) is 10. The van der Waals surface area contributed by atoms with Crippen LogP contribution in [0.4, 0.5) is 0 Å². The minimum atomic E-state index is -1.45. The molecule has 14 unspecified atom stereocenters. The van der Waals surface area contributed by atoms with Crippen LogP contribution in [0.1, 0.15) is 34.1 Å². The summed E-state index contributed by atoms with van der Waals surface area (Å²) in [5.74, 6) is -1.27. The van der Waals surface area contributed by atoms with Gasteiger partial charge in [-0.25, -0.2) is 0 Å². The van der Waals surface area contributed by atoms with E-state index in [2.05, 4.69) is 0 Å².